The molecule has 0 bridgehead atoms. The molecule has 1 aliphatic heterocycles. The van der Waals surface area contributed by atoms with E-state index in [0.717, 1.165) is 12.0 Å². The third-order valence-electron chi connectivity index (χ3n) is 3.48. The van der Waals surface area contributed by atoms with E-state index in [1.54, 1.807) is 0 Å². The molecule has 1 heterocycles. The number of hydrogen-bond donors (Lipinski definition) is 2. The van der Waals surface area contributed by atoms with E-state index in [4.69, 9.17) is 0 Å². The van der Waals surface area contributed by atoms with Crippen LogP contribution in [-0.4, -0.2) is 25.7 Å². The number of unbranched alkanes of at least 4 members (excludes halogenated alkanes) is 3. The van der Waals surface area contributed by atoms with Gasteiger partial charge in [0.2, 0.25) is 0 Å². The lowest BCUT2D eigenvalue weighted by Gasteiger charge is -2.23. The summed E-state index contributed by atoms with van der Waals surface area (Å²) in [5, 5.41) is 7.08. The van der Waals surface area contributed by atoms with Crippen molar-refractivity contribution < 1.29 is 0 Å². The first-order valence-corrected chi connectivity index (χ1v) is 7.23. The number of hydrogen-bond acceptors (Lipinski definition) is 2. The molecule has 16 heavy (non-hydrogen) atoms. The Morgan fingerprint density at radius 2 is 1.75 bits per heavy atom. The van der Waals surface area contributed by atoms with E-state index in [1.165, 1.54) is 64.6 Å². The van der Waals surface area contributed by atoms with Crippen molar-refractivity contribution in [2.45, 2.75) is 64.8 Å². The van der Waals surface area contributed by atoms with Crippen LogP contribution >= 0.6 is 0 Å². The number of piperidine rings is 1. The van der Waals surface area contributed by atoms with Crippen LogP contribution in [0.3, 0.4) is 0 Å². The molecule has 0 aromatic rings. The standard InChI is InChI=1S/C14H30N2/c1-13(2)7-5-3-4-6-10-16-14-8-11-15-12-9-14/h13-16H,3-12H2,1-2H3. The molecule has 1 fully saturated rings. The number of nitrogens with one attached hydrogen (secondary N) is 2. The molecule has 0 atom stereocenters. The van der Waals surface area contributed by atoms with Gasteiger partial charge in [-0.2, -0.15) is 0 Å². The maximum absolute atomic E-state index is 3.68. The average molecular weight is 226 g/mol. The second-order valence-corrected chi connectivity index (χ2v) is 5.58. The maximum Gasteiger partial charge on any atom is 0.00912 e. The molecule has 0 aliphatic carbocycles. The predicted octanol–water partition coefficient (Wildman–Crippen LogP) is 2.93. The van der Waals surface area contributed by atoms with E-state index in [-0.39, 0.29) is 0 Å². The zero-order chi connectivity index (χ0) is 11.6. The Morgan fingerprint density at radius 1 is 1.06 bits per heavy atom. The molecule has 2 N–H and O–H groups in total. The Morgan fingerprint density at radius 3 is 2.44 bits per heavy atom. The van der Waals surface area contributed by atoms with Crippen molar-refractivity contribution in [1.29, 1.82) is 0 Å². The molecule has 0 unspecified atom stereocenters. The van der Waals surface area contributed by atoms with Gasteiger partial charge in [0.1, 0.15) is 0 Å². The minimum atomic E-state index is 0.789. The molecule has 0 aromatic carbocycles. The summed E-state index contributed by atoms with van der Waals surface area (Å²) in [4.78, 5) is 0. The normalized spacial score (nSPS) is 18.2. The van der Waals surface area contributed by atoms with Crippen molar-refractivity contribution in [3.8, 4) is 0 Å². The van der Waals surface area contributed by atoms with Gasteiger partial charge < -0.3 is 10.6 Å². The molecule has 1 saturated heterocycles. The Bertz CT molecular complexity index is 151. The lowest BCUT2D eigenvalue weighted by molar-refractivity contribution is 0.382. The zero-order valence-corrected chi connectivity index (χ0v) is 11.2. The largest absolute Gasteiger partial charge is 0.317 e. The highest BCUT2D eigenvalue weighted by Crippen LogP contribution is 2.09. The highest BCUT2D eigenvalue weighted by Gasteiger charge is 2.10. The van der Waals surface area contributed by atoms with Crippen LogP contribution < -0.4 is 10.6 Å². The Kier molecular flexibility index (Phi) is 7.87. The van der Waals surface area contributed by atoms with Crippen LogP contribution in [-0.2, 0) is 0 Å². The fraction of sp³-hybridized carbons (Fsp3) is 1.00. The van der Waals surface area contributed by atoms with Crippen LogP contribution in [0.25, 0.3) is 0 Å². The van der Waals surface area contributed by atoms with Gasteiger partial charge in [-0.25, -0.2) is 0 Å². The van der Waals surface area contributed by atoms with Crippen molar-refractivity contribution in [3.63, 3.8) is 0 Å². The van der Waals surface area contributed by atoms with Crippen molar-refractivity contribution in [3.05, 3.63) is 0 Å². The smallest absolute Gasteiger partial charge is 0.00912 e. The molecule has 0 amide bonds. The Balaban J connectivity index is 1.80. The minimum Gasteiger partial charge on any atom is -0.317 e. The lowest BCUT2D eigenvalue weighted by atomic mass is 10.0. The lowest BCUT2D eigenvalue weighted by Crippen LogP contribution is -2.40. The van der Waals surface area contributed by atoms with Crippen molar-refractivity contribution >= 4 is 0 Å². The molecule has 2 heteroatoms. The summed E-state index contributed by atoms with van der Waals surface area (Å²) in [6.45, 7) is 8.27. The molecule has 1 aliphatic rings. The summed E-state index contributed by atoms with van der Waals surface area (Å²) in [6.07, 6.45) is 9.65. The minimum absolute atomic E-state index is 0.789. The average Bonchev–Trinajstić information content (AvgIpc) is 2.29. The van der Waals surface area contributed by atoms with E-state index in [2.05, 4.69) is 24.5 Å². The Labute approximate surface area is 102 Å². The monoisotopic (exact) mass is 226 g/mol. The van der Waals surface area contributed by atoms with Crippen molar-refractivity contribution in [2.75, 3.05) is 19.6 Å². The highest BCUT2D eigenvalue weighted by atomic mass is 15.0. The molecule has 96 valence electrons. The summed E-state index contributed by atoms with van der Waals surface area (Å²) in [5.41, 5.74) is 0. The van der Waals surface area contributed by atoms with Crippen LogP contribution in [0.2, 0.25) is 0 Å². The van der Waals surface area contributed by atoms with Gasteiger partial charge in [0.25, 0.3) is 0 Å². The fourth-order valence-electron chi connectivity index (χ4n) is 2.36. The van der Waals surface area contributed by atoms with Crippen molar-refractivity contribution in [1.82, 2.24) is 10.6 Å². The van der Waals surface area contributed by atoms with Crippen LogP contribution in [0.1, 0.15) is 58.8 Å². The summed E-state index contributed by atoms with van der Waals surface area (Å²) in [6, 6.07) is 0.789. The Hall–Kier alpha value is -0.0800. The van der Waals surface area contributed by atoms with Crippen molar-refractivity contribution in [2.24, 2.45) is 5.92 Å². The predicted molar refractivity (Wildman–Crippen MR) is 71.8 cm³/mol. The van der Waals surface area contributed by atoms with Crippen LogP contribution in [0.15, 0.2) is 0 Å². The SMILES string of the molecule is CC(C)CCCCCCNC1CCNCC1. The first-order valence-electron chi connectivity index (χ1n) is 7.23. The summed E-state index contributed by atoms with van der Waals surface area (Å²) >= 11 is 0. The van der Waals surface area contributed by atoms with Gasteiger partial charge in [-0.05, 0) is 44.8 Å². The van der Waals surface area contributed by atoms with Gasteiger partial charge in [-0.15, -0.1) is 0 Å². The summed E-state index contributed by atoms with van der Waals surface area (Å²) in [7, 11) is 0. The van der Waals surface area contributed by atoms with Crippen LogP contribution in [0, 0.1) is 5.92 Å². The second kappa shape index (κ2) is 9.00. The first-order chi connectivity index (χ1) is 7.79. The van der Waals surface area contributed by atoms with E-state index >= 15 is 0 Å². The van der Waals surface area contributed by atoms with E-state index < -0.39 is 0 Å². The highest BCUT2D eigenvalue weighted by molar-refractivity contribution is 4.73. The fourth-order valence-corrected chi connectivity index (χ4v) is 2.36. The molecular formula is C14H30N2. The van der Waals surface area contributed by atoms with Gasteiger partial charge in [-0.3, -0.25) is 0 Å². The van der Waals surface area contributed by atoms with Gasteiger partial charge in [0.05, 0.1) is 0 Å². The van der Waals surface area contributed by atoms with Gasteiger partial charge >= 0.3 is 0 Å². The third kappa shape index (κ3) is 7.24. The summed E-state index contributed by atoms with van der Waals surface area (Å²) < 4.78 is 0. The zero-order valence-electron chi connectivity index (χ0n) is 11.2. The van der Waals surface area contributed by atoms with Gasteiger partial charge in [-0.1, -0.05) is 39.5 Å². The van der Waals surface area contributed by atoms with Gasteiger partial charge in [0.15, 0.2) is 0 Å². The molecular weight excluding hydrogens is 196 g/mol. The maximum atomic E-state index is 3.68. The molecule has 0 spiro atoms. The third-order valence-corrected chi connectivity index (χ3v) is 3.48. The van der Waals surface area contributed by atoms with E-state index in [0.29, 0.717) is 0 Å². The second-order valence-electron chi connectivity index (χ2n) is 5.58. The molecule has 1 rings (SSSR count). The van der Waals surface area contributed by atoms with Crippen LogP contribution in [0.5, 0.6) is 0 Å². The molecule has 0 aromatic heterocycles. The number of rotatable bonds is 8. The van der Waals surface area contributed by atoms with E-state index in [9.17, 15) is 0 Å². The van der Waals surface area contributed by atoms with Crippen LogP contribution in [0.4, 0.5) is 0 Å². The first kappa shape index (κ1) is 14.0. The van der Waals surface area contributed by atoms with Gasteiger partial charge in [0, 0.05) is 6.04 Å². The molecule has 2 nitrogen and oxygen atoms in total. The molecule has 0 saturated carbocycles. The molecule has 0 radical (unpaired) electrons. The topological polar surface area (TPSA) is 24.1 Å². The summed E-state index contributed by atoms with van der Waals surface area (Å²) in [5.74, 6) is 0.882. The van der Waals surface area contributed by atoms with E-state index in [1.807, 2.05) is 0 Å². The quantitative estimate of drug-likeness (QED) is 0.622.